The number of Topliss-reactive ketones (excluding diaryl/α,β-unsaturated/α-hetero) is 1. The van der Waals surface area contributed by atoms with E-state index in [2.05, 4.69) is 13.8 Å². The zero-order valence-corrected chi connectivity index (χ0v) is 18.2. The lowest BCUT2D eigenvalue weighted by Gasteiger charge is -2.13. The van der Waals surface area contributed by atoms with Crippen molar-refractivity contribution in [3.63, 3.8) is 0 Å². The molecule has 0 bridgehead atoms. The number of nitrogens with zero attached hydrogens (tertiary/aromatic N) is 1. The van der Waals surface area contributed by atoms with Crippen molar-refractivity contribution in [2.45, 2.75) is 38.0 Å². The van der Waals surface area contributed by atoms with Gasteiger partial charge in [0.1, 0.15) is 0 Å². The van der Waals surface area contributed by atoms with Gasteiger partial charge in [0.05, 0.1) is 10.5 Å². The van der Waals surface area contributed by atoms with Gasteiger partial charge < -0.3 is 4.74 Å². The Morgan fingerprint density at radius 1 is 1.07 bits per heavy atom. The Hall–Kier alpha value is -2.51. The number of carbonyl (C=O) groups excluding carboxylic acids is 2. The van der Waals surface area contributed by atoms with Gasteiger partial charge in [-0.25, -0.2) is 17.5 Å². The van der Waals surface area contributed by atoms with Gasteiger partial charge >= 0.3 is 5.97 Å². The summed E-state index contributed by atoms with van der Waals surface area (Å²) in [6.45, 7) is 5.49. The van der Waals surface area contributed by atoms with E-state index in [0.29, 0.717) is 17.0 Å². The molecule has 0 fully saturated rings. The minimum Gasteiger partial charge on any atom is -0.454 e. The van der Waals surface area contributed by atoms with Gasteiger partial charge in [0.15, 0.2) is 12.4 Å². The van der Waals surface area contributed by atoms with Gasteiger partial charge in [-0.2, -0.15) is 0 Å². The summed E-state index contributed by atoms with van der Waals surface area (Å²) in [6, 6.07) is 11.5. The largest absolute Gasteiger partial charge is 0.454 e. The van der Waals surface area contributed by atoms with Crippen molar-refractivity contribution in [3.8, 4) is 0 Å². The smallest absolute Gasteiger partial charge is 0.338 e. The number of sulfonamides is 1. The molecule has 156 valence electrons. The van der Waals surface area contributed by atoms with E-state index in [1.807, 2.05) is 12.1 Å². The van der Waals surface area contributed by atoms with Gasteiger partial charge in [-0.15, -0.1) is 0 Å². The molecule has 2 rings (SSSR count). The fraction of sp³-hybridized carbons (Fsp3) is 0.364. The molecule has 29 heavy (non-hydrogen) atoms. The fourth-order valence-electron chi connectivity index (χ4n) is 2.72. The molecule has 0 unspecified atom stereocenters. The Morgan fingerprint density at radius 3 is 2.24 bits per heavy atom. The number of carbonyl (C=O) groups is 2. The van der Waals surface area contributed by atoms with Crippen molar-refractivity contribution in [2.75, 3.05) is 20.7 Å². The third-order valence-electron chi connectivity index (χ3n) is 4.96. The summed E-state index contributed by atoms with van der Waals surface area (Å²) in [4.78, 5) is 24.8. The minimum atomic E-state index is -3.68. The Morgan fingerprint density at radius 2 is 1.69 bits per heavy atom. The quantitative estimate of drug-likeness (QED) is 0.482. The zero-order valence-electron chi connectivity index (χ0n) is 17.4. The van der Waals surface area contributed by atoms with Crippen LogP contribution < -0.4 is 0 Å². The maximum Gasteiger partial charge on any atom is 0.338 e. The average Bonchev–Trinajstić information content (AvgIpc) is 2.71. The van der Waals surface area contributed by atoms with Crippen LogP contribution in [-0.4, -0.2) is 45.2 Å². The van der Waals surface area contributed by atoms with Gasteiger partial charge in [-0.1, -0.05) is 44.2 Å². The monoisotopic (exact) mass is 417 g/mol. The average molecular weight is 418 g/mol. The number of aryl methyl sites for hydroxylation is 1. The normalized spacial score (nSPS) is 12.6. The summed E-state index contributed by atoms with van der Waals surface area (Å²) in [5, 5.41) is 0. The van der Waals surface area contributed by atoms with Gasteiger partial charge in [0.25, 0.3) is 0 Å². The van der Waals surface area contributed by atoms with E-state index in [9.17, 15) is 18.0 Å². The molecule has 0 heterocycles. The Kier molecular flexibility index (Phi) is 7.32. The number of esters is 1. The molecule has 0 aromatic heterocycles. The van der Waals surface area contributed by atoms with E-state index in [0.717, 1.165) is 16.3 Å². The first-order valence-electron chi connectivity index (χ1n) is 9.41. The molecule has 2 aromatic carbocycles. The summed E-state index contributed by atoms with van der Waals surface area (Å²) < 4.78 is 30.8. The third kappa shape index (κ3) is 5.31. The van der Waals surface area contributed by atoms with Crippen LogP contribution in [0.5, 0.6) is 0 Å². The SMILES string of the molecule is CC[C@H](C)c1ccc(C(=O)COC(=O)c2cc(S(=O)(=O)N(C)C)ccc2C)cc1. The van der Waals surface area contributed by atoms with Crippen LogP contribution in [0.25, 0.3) is 0 Å². The highest BCUT2D eigenvalue weighted by Crippen LogP contribution is 2.20. The van der Waals surface area contributed by atoms with E-state index < -0.39 is 22.6 Å². The van der Waals surface area contributed by atoms with Gasteiger partial charge in [-0.05, 0) is 42.5 Å². The summed E-state index contributed by atoms with van der Waals surface area (Å²) in [5.41, 5.74) is 2.30. The maximum absolute atomic E-state index is 12.4. The van der Waals surface area contributed by atoms with Crippen LogP contribution >= 0.6 is 0 Å². The van der Waals surface area contributed by atoms with Crippen LogP contribution in [0.1, 0.15) is 58.0 Å². The Balaban J connectivity index is 2.12. The number of hydrogen-bond acceptors (Lipinski definition) is 5. The van der Waals surface area contributed by atoms with E-state index >= 15 is 0 Å². The fourth-order valence-corrected chi connectivity index (χ4v) is 3.65. The number of ether oxygens (including phenoxy) is 1. The molecule has 7 heteroatoms. The van der Waals surface area contributed by atoms with Crippen molar-refractivity contribution in [1.82, 2.24) is 4.31 Å². The van der Waals surface area contributed by atoms with Crippen LogP contribution in [0, 0.1) is 6.92 Å². The summed E-state index contributed by atoms with van der Waals surface area (Å²) in [6.07, 6.45) is 1.01. The number of ketones is 1. The van der Waals surface area contributed by atoms with Crippen molar-refractivity contribution >= 4 is 21.8 Å². The molecule has 0 saturated carbocycles. The van der Waals surface area contributed by atoms with Crippen LogP contribution in [0.2, 0.25) is 0 Å². The van der Waals surface area contributed by atoms with Gasteiger partial charge in [0.2, 0.25) is 10.0 Å². The van der Waals surface area contributed by atoms with E-state index in [1.165, 1.54) is 26.2 Å². The lowest BCUT2D eigenvalue weighted by Crippen LogP contribution is -2.23. The molecule has 0 aliphatic heterocycles. The van der Waals surface area contributed by atoms with E-state index in [4.69, 9.17) is 4.74 Å². The van der Waals surface area contributed by atoms with Crippen LogP contribution in [0.3, 0.4) is 0 Å². The number of benzene rings is 2. The van der Waals surface area contributed by atoms with Crippen LogP contribution in [-0.2, 0) is 14.8 Å². The molecular formula is C22H27NO5S. The highest BCUT2D eigenvalue weighted by molar-refractivity contribution is 7.89. The molecule has 0 N–H and O–H groups in total. The Labute approximate surface area is 172 Å². The first-order chi connectivity index (χ1) is 13.6. The number of rotatable bonds is 8. The third-order valence-corrected chi connectivity index (χ3v) is 6.77. The highest BCUT2D eigenvalue weighted by atomic mass is 32.2. The molecule has 0 spiro atoms. The van der Waals surface area contributed by atoms with Crippen molar-refractivity contribution < 1.29 is 22.7 Å². The lowest BCUT2D eigenvalue weighted by atomic mass is 9.97. The molecule has 0 radical (unpaired) electrons. The van der Waals surface area contributed by atoms with Crippen molar-refractivity contribution in [1.29, 1.82) is 0 Å². The molecule has 2 aromatic rings. The number of hydrogen-bond donors (Lipinski definition) is 0. The van der Waals surface area contributed by atoms with Crippen LogP contribution in [0.4, 0.5) is 0 Å². The minimum absolute atomic E-state index is 0.00740. The molecular weight excluding hydrogens is 390 g/mol. The molecule has 1 atom stereocenters. The van der Waals surface area contributed by atoms with E-state index in [1.54, 1.807) is 25.1 Å². The molecule has 0 amide bonds. The first-order valence-corrected chi connectivity index (χ1v) is 10.8. The van der Waals surface area contributed by atoms with Gasteiger partial charge in [-0.3, -0.25) is 4.79 Å². The molecule has 0 aliphatic rings. The van der Waals surface area contributed by atoms with E-state index in [-0.39, 0.29) is 16.2 Å². The lowest BCUT2D eigenvalue weighted by molar-refractivity contribution is 0.0473. The summed E-state index contributed by atoms with van der Waals surface area (Å²) in [7, 11) is -0.849. The Bertz CT molecular complexity index is 994. The molecule has 6 nitrogen and oxygen atoms in total. The van der Waals surface area contributed by atoms with Crippen molar-refractivity contribution in [3.05, 3.63) is 64.7 Å². The highest BCUT2D eigenvalue weighted by Gasteiger charge is 2.21. The molecule has 0 saturated heterocycles. The van der Waals surface area contributed by atoms with Gasteiger partial charge in [0, 0.05) is 19.7 Å². The van der Waals surface area contributed by atoms with Crippen molar-refractivity contribution in [2.24, 2.45) is 0 Å². The predicted octanol–water partition coefficient (Wildman–Crippen LogP) is 3.80. The van der Waals surface area contributed by atoms with Crippen LogP contribution in [0.15, 0.2) is 47.4 Å². The second-order valence-electron chi connectivity index (χ2n) is 7.19. The summed E-state index contributed by atoms with van der Waals surface area (Å²) >= 11 is 0. The first kappa shape index (κ1) is 22.8. The maximum atomic E-state index is 12.4. The second kappa shape index (κ2) is 9.33. The molecule has 0 aliphatic carbocycles. The predicted molar refractivity (Wildman–Crippen MR) is 112 cm³/mol. The standard InChI is InChI=1S/C22H27NO5S/c1-6-15(2)17-8-10-18(11-9-17)21(24)14-28-22(25)20-13-19(12-7-16(20)3)29(26,27)23(4)5/h7-13,15H,6,14H2,1-5H3/t15-/m0/s1. The topological polar surface area (TPSA) is 80.8 Å². The zero-order chi connectivity index (χ0) is 21.8. The summed E-state index contributed by atoms with van der Waals surface area (Å²) in [5.74, 6) is -0.641. The second-order valence-corrected chi connectivity index (χ2v) is 9.35.